The van der Waals surface area contributed by atoms with Gasteiger partial charge in [0.25, 0.3) is 17.7 Å². The van der Waals surface area contributed by atoms with E-state index in [0.29, 0.717) is 55.0 Å². The predicted molar refractivity (Wildman–Crippen MR) is 218 cm³/mol. The number of hydrogen-bond acceptors (Lipinski definition) is 12. The minimum atomic E-state index is -4.58. The van der Waals surface area contributed by atoms with Crippen LogP contribution in [0.1, 0.15) is 80.8 Å². The van der Waals surface area contributed by atoms with Gasteiger partial charge in [0.2, 0.25) is 33.2 Å². The number of carbonyl (C=O) groups excluding carboxylic acids is 4. The van der Waals surface area contributed by atoms with Gasteiger partial charge in [0, 0.05) is 29.4 Å². The van der Waals surface area contributed by atoms with Crippen LogP contribution in [0.15, 0.2) is 81.9 Å². The quantitative estimate of drug-likeness (QED) is 0.163. The van der Waals surface area contributed by atoms with Gasteiger partial charge in [0.05, 0.1) is 23.1 Å². The highest BCUT2D eigenvalue weighted by atomic mass is 32.2. The van der Waals surface area contributed by atoms with E-state index < -0.39 is 79.8 Å². The second kappa shape index (κ2) is 15.8. The molecule has 2 aromatic carbocycles. The Morgan fingerprint density at radius 2 is 1.79 bits per heavy atom. The first-order valence-electron chi connectivity index (χ1n) is 20.7. The highest BCUT2D eigenvalue weighted by molar-refractivity contribution is 7.91. The number of sulfonamides is 1. The van der Waals surface area contributed by atoms with Crippen LogP contribution in [0.5, 0.6) is 5.88 Å². The second-order valence-corrected chi connectivity index (χ2v) is 19.0. The van der Waals surface area contributed by atoms with E-state index in [2.05, 4.69) is 30.5 Å². The van der Waals surface area contributed by atoms with E-state index in [-0.39, 0.29) is 54.4 Å². The largest absolute Gasteiger partial charge is 0.470 e. The van der Waals surface area contributed by atoms with Crippen molar-refractivity contribution in [1.29, 1.82) is 0 Å². The van der Waals surface area contributed by atoms with Crippen molar-refractivity contribution >= 4 is 55.7 Å². The number of fused-ring (bicyclic) bond motifs is 5. The molecule has 5 aromatic rings. The topological polar surface area (TPSA) is 216 Å². The molecule has 20 heteroatoms. The molecule has 0 bridgehead atoms. The van der Waals surface area contributed by atoms with E-state index in [1.807, 2.05) is 6.08 Å². The molecule has 330 valence electrons. The van der Waals surface area contributed by atoms with E-state index in [4.69, 9.17) is 13.7 Å². The molecule has 2 aliphatic heterocycles. The zero-order chi connectivity index (χ0) is 44.3. The summed E-state index contributed by atoms with van der Waals surface area (Å²) in [6.45, 7) is 1.32. The van der Waals surface area contributed by atoms with Gasteiger partial charge in [-0.15, -0.1) is 0 Å². The van der Waals surface area contributed by atoms with Crippen molar-refractivity contribution in [3.63, 3.8) is 0 Å². The Kier molecular flexibility index (Phi) is 10.5. The first-order valence-corrected chi connectivity index (χ1v) is 22.1. The number of nitrogens with zero attached hydrogens (tertiary/aromatic N) is 4. The molecular formula is C43H42F3N7O9S. The summed E-state index contributed by atoms with van der Waals surface area (Å²) in [7, 11) is -4.08. The van der Waals surface area contributed by atoms with E-state index in [9.17, 15) is 40.8 Å². The molecule has 4 aliphatic rings. The van der Waals surface area contributed by atoms with Gasteiger partial charge in [-0.1, -0.05) is 54.4 Å². The van der Waals surface area contributed by atoms with Crippen LogP contribution in [-0.2, 0) is 30.6 Å². The van der Waals surface area contributed by atoms with E-state index in [0.717, 1.165) is 12.1 Å². The highest BCUT2D eigenvalue weighted by Gasteiger charge is 2.63. The molecule has 0 spiro atoms. The zero-order valence-corrected chi connectivity index (χ0v) is 34.6. The van der Waals surface area contributed by atoms with Crippen molar-refractivity contribution in [1.82, 2.24) is 35.4 Å². The molecule has 2 aliphatic carbocycles. The van der Waals surface area contributed by atoms with Crippen LogP contribution in [0.4, 0.5) is 13.2 Å². The van der Waals surface area contributed by atoms with Gasteiger partial charge >= 0.3 is 6.18 Å². The predicted octanol–water partition coefficient (Wildman–Crippen LogP) is 5.59. The van der Waals surface area contributed by atoms with Gasteiger partial charge in [-0.3, -0.25) is 23.9 Å². The highest BCUT2D eigenvalue weighted by Crippen LogP contribution is 2.48. The molecule has 5 atom stereocenters. The number of aromatic nitrogens is 3. The van der Waals surface area contributed by atoms with Gasteiger partial charge in [0.1, 0.15) is 34.8 Å². The maximum Gasteiger partial charge on any atom is 0.416 e. The number of ether oxygens (including phenoxy) is 1. The van der Waals surface area contributed by atoms with Crippen LogP contribution in [0.2, 0.25) is 0 Å². The number of amides is 4. The van der Waals surface area contributed by atoms with Gasteiger partial charge < -0.3 is 29.2 Å². The number of para-hydroxylation sites is 1. The number of nitrogens with one attached hydrogen (secondary N) is 3. The number of carbonyl (C=O) groups is 4. The normalized spacial score (nSPS) is 25.0. The average molecular weight is 890 g/mol. The summed E-state index contributed by atoms with van der Waals surface area (Å²) in [6.07, 6.45) is 2.88. The van der Waals surface area contributed by atoms with Gasteiger partial charge in [-0.2, -0.15) is 18.2 Å². The van der Waals surface area contributed by atoms with E-state index in [1.54, 1.807) is 37.3 Å². The molecule has 4 amide bonds. The van der Waals surface area contributed by atoms with Crippen LogP contribution in [-0.4, -0.2) is 87.1 Å². The summed E-state index contributed by atoms with van der Waals surface area (Å²) in [6, 6.07) is 10.2. The molecule has 3 aromatic heterocycles. The number of hydrogen-bond donors (Lipinski definition) is 3. The lowest BCUT2D eigenvalue weighted by Crippen LogP contribution is -2.58. The van der Waals surface area contributed by atoms with Crippen molar-refractivity contribution in [2.24, 2.45) is 5.92 Å². The lowest BCUT2D eigenvalue weighted by molar-refractivity contribution is -0.141. The maximum atomic E-state index is 14.7. The van der Waals surface area contributed by atoms with E-state index >= 15 is 0 Å². The number of benzene rings is 2. The SMILES string of the molecule is CC1(S(=O)(=O)NC(=O)[C@@]23C[C@H]2C=CCCCCC[C@H](NC(=O)c2ccno2)C(=O)N2C[C@H](Oc4nc(-c5ccc(C(F)(F)F)cc5)nc5c4oc4ccccc45)C[C@H]2C(=O)N3)CC1. The summed E-state index contributed by atoms with van der Waals surface area (Å²) in [5, 5.41) is 9.72. The Morgan fingerprint density at radius 3 is 2.52 bits per heavy atom. The summed E-state index contributed by atoms with van der Waals surface area (Å²) in [5.41, 5.74) is -1.42. The number of rotatable bonds is 8. The number of alkyl halides is 3. The Labute approximate surface area is 358 Å². The lowest BCUT2D eigenvalue weighted by atomic mass is 10.0. The van der Waals surface area contributed by atoms with Crippen LogP contribution < -0.4 is 20.1 Å². The first-order chi connectivity index (χ1) is 30.0. The smallest absolute Gasteiger partial charge is 0.416 e. The summed E-state index contributed by atoms with van der Waals surface area (Å²) in [5.74, 6) is -3.72. The third-order valence-electron chi connectivity index (χ3n) is 12.4. The standard InChI is InChI=1S/C43H42F3N7O9S/c1-41(18-19-41)63(58,59)52-40(57)42-22-26(42)9-5-3-2-4-6-11-29(48-37(55)32-17-20-47-62-32)39(56)53-23-27(21-30(53)36(54)51-42)60-38-34-33(28-10-7-8-12-31(28)61-34)49-35(50-38)24-13-15-25(16-14-24)43(44,45)46/h5,7-10,12-17,20,26-27,29-30H,2-4,6,11,18-19,21-23H2,1H3,(H,48,55)(H,51,54)(H,52,57)/t26-,27-,29+,30+,42-/m1/s1. The number of halogens is 3. The fraction of sp³-hybridized carbons (Fsp3) is 0.419. The molecule has 9 rings (SSSR count). The molecule has 63 heavy (non-hydrogen) atoms. The molecular weight excluding hydrogens is 848 g/mol. The monoisotopic (exact) mass is 889 g/mol. The maximum absolute atomic E-state index is 14.7. The van der Waals surface area contributed by atoms with Gasteiger partial charge in [-0.05, 0) is 69.7 Å². The Morgan fingerprint density at radius 1 is 1.02 bits per heavy atom. The zero-order valence-electron chi connectivity index (χ0n) is 33.8. The van der Waals surface area contributed by atoms with Gasteiger partial charge in [0.15, 0.2) is 5.82 Å². The van der Waals surface area contributed by atoms with Crippen molar-refractivity contribution in [3.8, 4) is 17.3 Å². The summed E-state index contributed by atoms with van der Waals surface area (Å²) < 4.78 is 85.7. The summed E-state index contributed by atoms with van der Waals surface area (Å²) >= 11 is 0. The molecule has 1 saturated heterocycles. The lowest BCUT2D eigenvalue weighted by Gasteiger charge is -2.29. The fourth-order valence-electron chi connectivity index (χ4n) is 8.25. The Hall–Kier alpha value is -6.31. The van der Waals surface area contributed by atoms with Gasteiger partial charge in [-0.25, -0.2) is 13.4 Å². The number of allylic oxidation sites excluding steroid dienone is 1. The minimum Gasteiger partial charge on any atom is -0.470 e. The van der Waals surface area contributed by atoms with Crippen LogP contribution in [0.25, 0.3) is 33.5 Å². The fourth-order valence-corrected chi connectivity index (χ4v) is 9.56. The van der Waals surface area contributed by atoms with Crippen LogP contribution in [0, 0.1) is 5.92 Å². The molecule has 0 radical (unpaired) electrons. The van der Waals surface area contributed by atoms with Crippen LogP contribution in [0.3, 0.4) is 0 Å². The van der Waals surface area contributed by atoms with Crippen LogP contribution >= 0.6 is 0 Å². The second-order valence-electron chi connectivity index (χ2n) is 16.8. The van der Waals surface area contributed by atoms with Crippen molar-refractivity contribution in [2.45, 2.75) is 99.4 Å². The molecule has 16 nitrogen and oxygen atoms in total. The molecule has 3 fully saturated rings. The molecule has 5 heterocycles. The Bertz CT molecular complexity index is 2750. The third-order valence-corrected chi connectivity index (χ3v) is 14.5. The molecule has 0 unspecified atom stereocenters. The summed E-state index contributed by atoms with van der Waals surface area (Å²) in [4.78, 5) is 67.1. The minimum absolute atomic E-state index is 0.0189. The molecule has 2 saturated carbocycles. The van der Waals surface area contributed by atoms with Crippen molar-refractivity contribution in [2.75, 3.05) is 6.54 Å². The number of furan rings is 1. The van der Waals surface area contributed by atoms with Crippen molar-refractivity contribution < 1.29 is 54.4 Å². The van der Waals surface area contributed by atoms with Crippen molar-refractivity contribution in [3.05, 3.63) is 84.3 Å². The van der Waals surface area contributed by atoms with E-state index in [1.165, 1.54) is 29.3 Å². The molecule has 3 N–H and O–H groups in total. The third kappa shape index (κ3) is 8.11. The average Bonchev–Trinajstić information content (AvgIpc) is 3.88. The Balaban J connectivity index is 1.07. The first kappa shape index (κ1) is 42.0.